The van der Waals surface area contributed by atoms with Crippen LogP contribution < -0.4 is 5.32 Å². The maximum absolute atomic E-state index is 13.5. The molecule has 120 valence electrons. The molecule has 3 rings (SSSR count). The first kappa shape index (κ1) is 15.6. The zero-order valence-electron chi connectivity index (χ0n) is 13.1. The molecule has 2 aromatic rings. The number of hydrogen-bond donors (Lipinski definition) is 1. The molecule has 5 heteroatoms. The lowest BCUT2D eigenvalue weighted by molar-refractivity contribution is -0.135. The van der Waals surface area contributed by atoms with Gasteiger partial charge in [0.15, 0.2) is 0 Å². The Kier molecular flexibility index (Phi) is 4.67. The van der Waals surface area contributed by atoms with Crippen LogP contribution >= 0.6 is 0 Å². The Morgan fingerprint density at radius 1 is 1.39 bits per heavy atom. The molecule has 1 aliphatic rings. The number of benzene rings is 1. The van der Waals surface area contributed by atoms with E-state index in [0.29, 0.717) is 13.1 Å². The molecule has 1 fully saturated rings. The third-order valence-corrected chi connectivity index (χ3v) is 4.31. The van der Waals surface area contributed by atoms with Crippen LogP contribution in [0, 0.1) is 5.82 Å². The molecule has 1 saturated heterocycles. The van der Waals surface area contributed by atoms with Gasteiger partial charge in [-0.25, -0.2) is 4.39 Å². The van der Waals surface area contributed by atoms with Crippen molar-refractivity contribution in [3.63, 3.8) is 0 Å². The van der Waals surface area contributed by atoms with E-state index < -0.39 is 0 Å². The van der Waals surface area contributed by atoms with Crippen LogP contribution in [-0.4, -0.2) is 35.4 Å². The smallest absolute Gasteiger partial charge is 0.230 e. The van der Waals surface area contributed by atoms with Gasteiger partial charge in [0.25, 0.3) is 0 Å². The number of aromatic nitrogens is 1. The quantitative estimate of drug-likeness (QED) is 0.947. The number of piperazine rings is 1. The maximum Gasteiger partial charge on any atom is 0.230 e. The highest BCUT2D eigenvalue weighted by molar-refractivity contribution is 5.83. The van der Waals surface area contributed by atoms with Gasteiger partial charge in [-0.05, 0) is 36.2 Å². The number of nitrogens with one attached hydrogen (secondary N) is 1. The van der Waals surface area contributed by atoms with Crippen LogP contribution in [0.5, 0.6) is 0 Å². The topological polar surface area (TPSA) is 45.2 Å². The van der Waals surface area contributed by atoms with Gasteiger partial charge < -0.3 is 10.2 Å². The summed E-state index contributed by atoms with van der Waals surface area (Å²) < 4.78 is 13.5. The molecule has 0 bridgehead atoms. The average molecular weight is 313 g/mol. The Labute approximate surface area is 135 Å². The minimum Gasteiger partial charge on any atom is -0.333 e. The van der Waals surface area contributed by atoms with Crippen molar-refractivity contribution in [2.75, 3.05) is 19.6 Å². The van der Waals surface area contributed by atoms with Crippen LogP contribution in [0.15, 0.2) is 48.8 Å². The van der Waals surface area contributed by atoms with Crippen LogP contribution in [-0.2, 0) is 4.79 Å². The van der Waals surface area contributed by atoms with Gasteiger partial charge in [-0.1, -0.05) is 18.2 Å². The molecule has 1 aliphatic heterocycles. The summed E-state index contributed by atoms with van der Waals surface area (Å²) in [4.78, 5) is 18.9. The zero-order chi connectivity index (χ0) is 16.2. The van der Waals surface area contributed by atoms with E-state index in [1.807, 2.05) is 30.0 Å². The number of carbonyl (C=O) groups excluding carboxylic acids is 1. The van der Waals surface area contributed by atoms with Crippen LogP contribution in [0.25, 0.3) is 0 Å². The fourth-order valence-electron chi connectivity index (χ4n) is 3.00. The van der Waals surface area contributed by atoms with Crippen molar-refractivity contribution < 1.29 is 9.18 Å². The molecule has 0 spiro atoms. The molecule has 0 aliphatic carbocycles. The molecule has 0 saturated carbocycles. The van der Waals surface area contributed by atoms with Gasteiger partial charge in [0.05, 0.1) is 12.0 Å². The second-order valence-corrected chi connectivity index (χ2v) is 5.81. The second kappa shape index (κ2) is 6.87. The molecule has 1 aromatic carbocycles. The van der Waals surface area contributed by atoms with E-state index in [-0.39, 0.29) is 23.7 Å². The van der Waals surface area contributed by atoms with E-state index in [4.69, 9.17) is 0 Å². The highest BCUT2D eigenvalue weighted by Gasteiger charge is 2.31. The Morgan fingerprint density at radius 3 is 3.00 bits per heavy atom. The Hall–Kier alpha value is -2.27. The van der Waals surface area contributed by atoms with E-state index in [9.17, 15) is 9.18 Å². The Bertz CT molecular complexity index is 677. The lowest BCUT2D eigenvalue weighted by Gasteiger charge is -2.38. The molecule has 1 N–H and O–H groups in total. The van der Waals surface area contributed by atoms with Crippen molar-refractivity contribution in [2.24, 2.45) is 0 Å². The second-order valence-electron chi connectivity index (χ2n) is 5.81. The zero-order valence-corrected chi connectivity index (χ0v) is 13.1. The van der Waals surface area contributed by atoms with Gasteiger partial charge in [0, 0.05) is 32.0 Å². The summed E-state index contributed by atoms with van der Waals surface area (Å²) in [6.07, 6.45) is 3.42. The van der Waals surface area contributed by atoms with Crippen molar-refractivity contribution in [1.29, 1.82) is 0 Å². The number of rotatable bonds is 3. The van der Waals surface area contributed by atoms with Crippen LogP contribution in [0.2, 0.25) is 0 Å². The van der Waals surface area contributed by atoms with Gasteiger partial charge in [0.2, 0.25) is 5.91 Å². The lowest BCUT2D eigenvalue weighted by atomic mass is 9.97. The minimum atomic E-state index is -0.277. The first-order chi connectivity index (χ1) is 11.2. The number of hydrogen-bond acceptors (Lipinski definition) is 3. The largest absolute Gasteiger partial charge is 0.333 e. The molecule has 2 heterocycles. The SMILES string of the molecule is CC(C(=O)N1CCNCC1c1cccc(F)c1)c1cccnc1. The summed E-state index contributed by atoms with van der Waals surface area (Å²) >= 11 is 0. The summed E-state index contributed by atoms with van der Waals surface area (Å²) in [5.41, 5.74) is 1.72. The van der Waals surface area contributed by atoms with E-state index in [1.165, 1.54) is 12.1 Å². The first-order valence-electron chi connectivity index (χ1n) is 7.83. The molecule has 1 amide bonds. The normalized spacial score (nSPS) is 19.4. The molecule has 23 heavy (non-hydrogen) atoms. The third kappa shape index (κ3) is 3.40. The third-order valence-electron chi connectivity index (χ3n) is 4.31. The highest BCUT2D eigenvalue weighted by atomic mass is 19.1. The fourth-order valence-corrected chi connectivity index (χ4v) is 3.00. The molecule has 1 aromatic heterocycles. The average Bonchev–Trinajstić information content (AvgIpc) is 2.61. The predicted molar refractivity (Wildman–Crippen MR) is 86.4 cm³/mol. The van der Waals surface area contributed by atoms with Crippen molar-refractivity contribution in [3.8, 4) is 0 Å². The monoisotopic (exact) mass is 313 g/mol. The highest BCUT2D eigenvalue weighted by Crippen LogP contribution is 2.27. The predicted octanol–water partition coefficient (Wildman–Crippen LogP) is 2.50. The maximum atomic E-state index is 13.5. The van der Waals surface area contributed by atoms with Crippen molar-refractivity contribution in [2.45, 2.75) is 18.9 Å². The molecular weight excluding hydrogens is 293 g/mol. The Balaban J connectivity index is 1.85. The van der Waals surface area contributed by atoms with Gasteiger partial charge in [-0.15, -0.1) is 0 Å². The van der Waals surface area contributed by atoms with Crippen molar-refractivity contribution in [1.82, 2.24) is 15.2 Å². The van der Waals surface area contributed by atoms with Gasteiger partial charge in [-0.2, -0.15) is 0 Å². The van der Waals surface area contributed by atoms with E-state index >= 15 is 0 Å². The summed E-state index contributed by atoms with van der Waals surface area (Å²) in [6, 6.07) is 10.1. The lowest BCUT2D eigenvalue weighted by Crippen LogP contribution is -2.49. The summed E-state index contributed by atoms with van der Waals surface area (Å²) in [5.74, 6) is -0.493. The molecule has 2 atom stereocenters. The molecule has 4 nitrogen and oxygen atoms in total. The van der Waals surface area contributed by atoms with Crippen LogP contribution in [0.4, 0.5) is 4.39 Å². The summed E-state index contributed by atoms with van der Waals surface area (Å²) in [5, 5.41) is 3.29. The van der Waals surface area contributed by atoms with Crippen LogP contribution in [0.3, 0.4) is 0 Å². The van der Waals surface area contributed by atoms with Gasteiger partial charge >= 0.3 is 0 Å². The number of amides is 1. The number of halogens is 1. The van der Waals surface area contributed by atoms with Crippen molar-refractivity contribution >= 4 is 5.91 Å². The van der Waals surface area contributed by atoms with Gasteiger partial charge in [0.1, 0.15) is 5.82 Å². The van der Waals surface area contributed by atoms with E-state index in [0.717, 1.165) is 17.7 Å². The molecular formula is C18H20FN3O. The van der Waals surface area contributed by atoms with Crippen molar-refractivity contribution in [3.05, 3.63) is 65.7 Å². The molecule has 2 unspecified atom stereocenters. The Morgan fingerprint density at radius 2 is 2.26 bits per heavy atom. The van der Waals surface area contributed by atoms with E-state index in [2.05, 4.69) is 10.3 Å². The number of pyridine rings is 1. The van der Waals surface area contributed by atoms with Crippen LogP contribution in [0.1, 0.15) is 30.0 Å². The standard InChI is InChI=1S/C18H20FN3O/c1-13(15-5-3-7-20-11-15)18(23)22-9-8-21-12-17(22)14-4-2-6-16(19)10-14/h2-7,10-11,13,17,21H,8-9,12H2,1H3. The molecule has 0 radical (unpaired) electrons. The summed E-state index contributed by atoms with van der Waals surface area (Å²) in [7, 11) is 0. The minimum absolute atomic E-state index is 0.0498. The fraction of sp³-hybridized carbons (Fsp3) is 0.333. The first-order valence-corrected chi connectivity index (χ1v) is 7.83. The number of nitrogens with zero attached hydrogens (tertiary/aromatic N) is 2. The van der Waals surface area contributed by atoms with E-state index in [1.54, 1.807) is 18.5 Å². The summed E-state index contributed by atoms with van der Waals surface area (Å²) in [6.45, 7) is 3.89. The number of carbonyl (C=O) groups is 1. The van der Waals surface area contributed by atoms with Gasteiger partial charge in [-0.3, -0.25) is 9.78 Å².